The largest absolute Gasteiger partial charge is 0.242 e. The highest BCUT2D eigenvalue weighted by molar-refractivity contribution is 8.93. The zero-order valence-corrected chi connectivity index (χ0v) is 16.4. The predicted molar refractivity (Wildman–Crippen MR) is 112 cm³/mol. The summed E-state index contributed by atoms with van der Waals surface area (Å²) >= 11 is 0. The van der Waals surface area contributed by atoms with E-state index in [2.05, 4.69) is 97.9 Å². The first-order valence-electron chi connectivity index (χ1n) is 8.08. The summed E-state index contributed by atoms with van der Waals surface area (Å²) < 4.78 is 6.65. The molecule has 0 aromatic heterocycles. The van der Waals surface area contributed by atoms with Gasteiger partial charge in [0, 0.05) is 0 Å². The molecule has 0 fully saturated rings. The van der Waals surface area contributed by atoms with E-state index in [0.29, 0.717) is 0 Å². The SMILES string of the molecule is Br.CCCO[P+](c1ccccc1)(c1ccccc1)c1ccccc1. The molecule has 0 bridgehead atoms. The molecule has 0 unspecified atom stereocenters. The van der Waals surface area contributed by atoms with Gasteiger partial charge in [-0.2, -0.15) is 0 Å². The van der Waals surface area contributed by atoms with Crippen molar-refractivity contribution in [3.05, 3.63) is 91.0 Å². The van der Waals surface area contributed by atoms with E-state index in [0.717, 1.165) is 13.0 Å². The van der Waals surface area contributed by atoms with Gasteiger partial charge in [0.1, 0.15) is 15.9 Å². The molecule has 3 aromatic carbocycles. The maximum Gasteiger partial charge on any atom is 0.242 e. The second-order valence-electron chi connectivity index (χ2n) is 5.45. The average Bonchev–Trinajstić information content (AvgIpc) is 2.65. The highest BCUT2D eigenvalue weighted by Crippen LogP contribution is 2.56. The van der Waals surface area contributed by atoms with Gasteiger partial charge >= 0.3 is 0 Å². The quantitative estimate of drug-likeness (QED) is 0.533. The van der Waals surface area contributed by atoms with Gasteiger partial charge in [-0.1, -0.05) is 61.5 Å². The topological polar surface area (TPSA) is 9.23 Å². The molecular formula is C21H23BrOP+. The molecule has 3 heteroatoms. The fraction of sp³-hybridized carbons (Fsp3) is 0.143. The van der Waals surface area contributed by atoms with Crippen LogP contribution in [-0.4, -0.2) is 6.61 Å². The molecule has 3 aromatic rings. The number of hydrogen-bond donors (Lipinski definition) is 0. The lowest BCUT2D eigenvalue weighted by Gasteiger charge is -2.25. The van der Waals surface area contributed by atoms with E-state index in [-0.39, 0.29) is 17.0 Å². The Kier molecular flexibility index (Phi) is 7.17. The molecule has 0 heterocycles. The standard InChI is InChI=1S/C21H22OP.BrH/c1-2-18-22-23(19-12-6-3-7-13-19,20-14-8-4-9-15-20)21-16-10-5-11-17-21;/h3-17H,2,18H2,1H3;1H/q+1;. The smallest absolute Gasteiger partial charge is 0.222 e. The Morgan fingerprint density at radius 2 is 0.958 bits per heavy atom. The summed E-state index contributed by atoms with van der Waals surface area (Å²) in [6.07, 6.45) is 1.01. The predicted octanol–water partition coefficient (Wildman–Crippen LogP) is 4.90. The van der Waals surface area contributed by atoms with Crippen molar-refractivity contribution in [2.75, 3.05) is 6.61 Å². The fourth-order valence-electron chi connectivity index (χ4n) is 2.81. The van der Waals surface area contributed by atoms with E-state index in [1.807, 2.05) is 0 Å². The van der Waals surface area contributed by atoms with Crippen molar-refractivity contribution in [2.45, 2.75) is 13.3 Å². The van der Waals surface area contributed by atoms with Crippen LogP contribution in [-0.2, 0) is 4.52 Å². The minimum Gasteiger partial charge on any atom is -0.222 e. The van der Waals surface area contributed by atoms with Crippen molar-refractivity contribution in [3.8, 4) is 0 Å². The zero-order chi connectivity index (χ0) is 16.0. The third kappa shape index (κ3) is 3.78. The minimum atomic E-state index is -2.07. The van der Waals surface area contributed by atoms with Crippen LogP contribution in [0.3, 0.4) is 0 Å². The van der Waals surface area contributed by atoms with Crippen molar-refractivity contribution in [1.82, 2.24) is 0 Å². The molecule has 0 saturated carbocycles. The molecule has 124 valence electrons. The highest BCUT2D eigenvalue weighted by Gasteiger charge is 2.47. The van der Waals surface area contributed by atoms with Crippen molar-refractivity contribution in [3.63, 3.8) is 0 Å². The van der Waals surface area contributed by atoms with Crippen LogP contribution >= 0.6 is 24.5 Å². The maximum atomic E-state index is 6.65. The van der Waals surface area contributed by atoms with Gasteiger partial charge in [-0.05, 0) is 42.8 Å². The van der Waals surface area contributed by atoms with Crippen molar-refractivity contribution in [2.24, 2.45) is 0 Å². The second-order valence-corrected chi connectivity index (χ2v) is 8.48. The fourth-order valence-corrected chi connectivity index (χ4v) is 6.39. The molecule has 3 rings (SSSR count). The van der Waals surface area contributed by atoms with E-state index in [1.165, 1.54) is 15.9 Å². The molecule has 0 spiro atoms. The molecule has 0 aliphatic rings. The molecule has 24 heavy (non-hydrogen) atoms. The molecule has 0 aliphatic heterocycles. The van der Waals surface area contributed by atoms with Crippen LogP contribution in [0.2, 0.25) is 0 Å². The van der Waals surface area contributed by atoms with Crippen LogP contribution in [0.5, 0.6) is 0 Å². The van der Waals surface area contributed by atoms with Gasteiger partial charge in [0.15, 0.2) is 0 Å². The molecule has 0 N–H and O–H groups in total. The van der Waals surface area contributed by atoms with E-state index in [1.54, 1.807) is 0 Å². The third-order valence-corrected chi connectivity index (χ3v) is 7.49. The lowest BCUT2D eigenvalue weighted by atomic mass is 10.4. The van der Waals surface area contributed by atoms with Crippen molar-refractivity contribution < 1.29 is 4.52 Å². The number of halogens is 1. The Morgan fingerprint density at radius 1 is 0.625 bits per heavy atom. The van der Waals surface area contributed by atoms with Gasteiger partial charge in [-0.15, -0.1) is 17.0 Å². The van der Waals surface area contributed by atoms with E-state index in [4.69, 9.17) is 4.52 Å². The van der Waals surface area contributed by atoms with Gasteiger partial charge in [-0.25, -0.2) is 4.52 Å². The Morgan fingerprint density at radius 3 is 1.25 bits per heavy atom. The Labute approximate surface area is 155 Å². The highest BCUT2D eigenvalue weighted by atomic mass is 79.9. The minimum absolute atomic E-state index is 0. The number of hydrogen-bond acceptors (Lipinski definition) is 1. The lowest BCUT2D eigenvalue weighted by Crippen LogP contribution is -2.33. The van der Waals surface area contributed by atoms with Crippen LogP contribution in [0.1, 0.15) is 13.3 Å². The van der Waals surface area contributed by atoms with Crippen LogP contribution < -0.4 is 15.9 Å². The first-order valence-corrected chi connectivity index (χ1v) is 9.79. The van der Waals surface area contributed by atoms with Gasteiger partial charge in [-0.3, -0.25) is 0 Å². The van der Waals surface area contributed by atoms with Crippen molar-refractivity contribution >= 4 is 40.4 Å². The van der Waals surface area contributed by atoms with Gasteiger partial charge in [0.25, 0.3) is 0 Å². The molecule has 0 radical (unpaired) electrons. The molecule has 0 saturated heterocycles. The second kappa shape index (κ2) is 9.13. The van der Waals surface area contributed by atoms with Crippen LogP contribution in [0.15, 0.2) is 91.0 Å². The zero-order valence-electron chi connectivity index (χ0n) is 13.8. The Hall–Kier alpha value is -1.47. The number of rotatable bonds is 6. The summed E-state index contributed by atoms with van der Waals surface area (Å²) in [6.45, 7) is 2.92. The normalized spacial score (nSPS) is 10.9. The first-order chi connectivity index (χ1) is 11.4. The number of benzene rings is 3. The van der Waals surface area contributed by atoms with Gasteiger partial charge in [0.2, 0.25) is 7.49 Å². The molecule has 1 nitrogen and oxygen atoms in total. The summed E-state index contributed by atoms with van der Waals surface area (Å²) in [5.74, 6) is 0. The summed E-state index contributed by atoms with van der Waals surface area (Å²) in [5, 5.41) is 3.81. The molecule has 0 aliphatic carbocycles. The molecular weight excluding hydrogens is 379 g/mol. The molecule has 0 amide bonds. The monoisotopic (exact) mass is 401 g/mol. The Balaban J connectivity index is 0.00000208. The van der Waals surface area contributed by atoms with E-state index >= 15 is 0 Å². The van der Waals surface area contributed by atoms with Gasteiger partial charge < -0.3 is 0 Å². The van der Waals surface area contributed by atoms with Crippen molar-refractivity contribution in [1.29, 1.82) is 0 Å². The first kappa shape index (κ1) is 18.9. The molecule has 0 atom stereocenters. The Bertz CT molecular complexity index is 620. The third-order valence-electron chi connectivity index (χ3n) is 3.85. The van der Waals surface area contributed by atoms with Crippen LogP contribution in [0.25, 0.3) is 0 Å². The maximum absolute atomic E-state index is 6.65. The van der Waals surface area contributed by atoms with Crippen LogP contribution in [0, 0.1) is 0 Å². The lowest BCUT2D eigenvalue weighted by molar-refractivity contribution is 0.354. The summed E-state index contributed by atoms with van der Waals surface area (Å²) in [5.41, 5.74) is 0. The average molecular weight is 402 g/mol. The summed E-state index contributed by atoms with van der Waals surface area (Å²) in [4.78, 5) is 0. The van der Waals surface area contributed by atoms with Gasteiger partial charge in [0.05, 0.1) is 6.61 Å². The summed E-state index contributed by atoms with van der Waals surface area (Å²) in [6, 6.07) is 32.0. The summed E-state index contributed by atoms with van der Waals surface area (Å²) in [7, 11) is -2.07. The van der Waals surface area contributed by atoms with E-state index in [9.17, 15) is 0 Å². The van der Waals surface area contributed by atoms with Crippen LogP contribution in [0.4, 0.5) is 0 Å². The van der Waals surface area contributed by atoms with E-state index < -0.39 is 7.49 Å².